The van der Waals surface area contributed by atoms with E-state index in [9.17, 15) is 9.90 Å². The van der Waals surface area contributed by atoms with Crippen LogP contribution in [-0.4, -0.2) is 52.7 Å². The number of anilines is 4. The van der Waals surface area contributed by atoms with Gasteiger partial charge in [-0.2, -0.15) is 4.98 Å². The van der Waals surface area contributed by atoms with Gasteiger partial charge in [0.25, 0.3) is 0 Å². The van der Waals surface area contributed by atoms with E-state index in [2.05, 4.69) is 28.3 Å². The molecular weight excluding hydrogens is 466 g/mol. The highest BCUT2D eigenvalue weighted by Gasteiger charge is 2.33. The van der Waals surface area contributed by atoms with Crippen LogP contribution in [0.25, 0.3) is 0 Å². The molecule has 2 aromatic carbocycles. The van der Waals surface area contributed by atoms with Crippen molar-refractivity contribution in [2.24, 2.45) is 0 Å². The van der Waals surface area contributed by atoms with Crippen molar-refractivity contribution in [1.29, 1.82) is 0 Å². The molecule has 3 aromatic rings. The molecule has 0 saturated heterocycles. The minimum atomic E-state index is -0.825. The molecule has 0 spiro atoms. The zero-order valence-corrected chi connectivity index (χ0v) is 20.1. The molecule has 2 N–H and O–H groups in total. The van der Waals surface area contributed by atoms with E-state index in [4.69, 9.17) is 21.3 Å². The van der Waals surface area contributed by atoms with Crippen LogP contribution in [0, 0.1) is 0 Å². The van der Waals surface area contributed by atoms with Crippen LogP contribution in [0.2, 0.25) is 5.02 Å². The fourth-order valence-corrected chi connectivity index (χ4v) is 5.85. The fourth-order valence-electron chi connectivity index (χ4n) is 5.66. The van der Waals surface area contributed by atoms with Crippen molar-refractivity contribution in [3.8, 4) is 5.75 Å². The standard InChI is InChI=1S/C26H26ClN5O3/c1-31-12-15-6-7-35-22-10-18(8-17(13-31)24(15)22)29-26-28-11-20(27)25(30-26)32-14-16(9-23(33)34)19-4-2-3-5-21(19)32/h2-5,8,10-11,15-16H,6-7,9,12-14H2,1H3,(H,33,34)(H,28,29,30). The third-order valence-corrected chi connectivity index (χ3v) is 7.33. The lowest BCUT2D eigenvalue weighted by Crippen LogP contribution is -2.33. The summed E-state index contributed by atoms with van der Waals surface area (Å²) < 4.78 is 6.01. The molecule has 6 rings (SSSR count). The van der Waals surface area contributed by atoms with Gasteiger partial charge in [0, 0.05) is 54.5 Å². The monoisotopic (exact) mass is 491 g/mol. The lowest BCUT2D eigenvalue weighted by molar-refractivity contribution is -0.137. The number of nitrogens with one attached hydrogen (secondary N) is 1. The number of carboxylic acid groups (broad SMARTS) is 1. The number of hydrogen-bond donors (Lipinski definition) is 2. The zero-order valence-electron chi connectivity index (χ0n) is 19.4. The topological polar surface area (TPSA) is 90.8 Å². The van der Waals surface area contributed by atoms with Crippen molar-refractivity contribution in [2.75, 3.05) is 37.0 Å². The van der Waals surface area contributed by atoms with Gasteiger partial charge in [-0.15, -0.1) is 0 Å². The Hall–Kier alpha value is -3.36. The molecule has 0 fully saturated rings. The first kappa shape index (κ1) is 22.1. The average Bonchev–Trinajstić information content (AvgIpc) is 3.18. The van der Waals surface area contributed by atoms with E-state index in [-0.39, 0.29) is 12.3 Å². The molecule has 0 aliphatic carbocycles. The Balaban J connectivity index is 1.32. The van der Waals surface area contributed by atoms with Crippen molar-refractivity contribution in [3.63, 3.8) is 0 Å². The molecule has 9 heteroatoms. The molecule has 4 heterocycles. The first-order valence-corrected chi connectivity index (χ1v) is 12.2. The van der Waals surface area contributed by atoms with Crippen molar-refractivity contribution < 1.29 is 14.6 Å². The number of likely N-dealkylation sites (N-methyl/N-ethyl adjacent to an activating group) is 1. The van der Waals surface area contributed by atoms with E-state index in [1.165, 1.54) is 11.1 Å². The number of nitrogens with zero attached hydrogens (tertiary/aromatic N) is 4. The fraction of sp³-hybridized carbons (Fsp3) is 0.346. The van der Waals surface area contributed by atoms with Gasteiger partial charge in [0.1, 0.15) is 10.8 Å². The summed E-state index contributed by atoms with van der Waals surface area (Å²) in [6.07, 6.45) is 2.68. The van der Waals surface area contributed by atoms with Crippen LogP contribution < -0.4 is 15.0 Å². The number of halogens is 1. The predicted molar refractivity (Wildman–Crippen MR) is 134 cm³/mol. The van der Waals surface area contributed by atoms with Gasteiger partial charge in [-0.3, -0.25) is 4.79 Å². The Morgan fingerprint density at radius 3 is 3.00 bits per heavy atom. The van der Waals surface area contributed by atoms with Crippen LogP contribution in [0.1, 0.15) is 41.4 Å². The predicted octanol–water partition coefficient (Wildman–Crippen LogP) is 4.90. The highest BCUT2D eigenvalue weighted by molar-refractivity contribution is 6.33. The van der Waals surface area contributed by atoms with E-state index in [0.29, 0.717) is 29.3 Å². The summed E-state index contributed by atoms with van der Waals surface area (Å²) in [7, 11) is 2.15. The second-order valence-corrected chi connectivity index (χ2v) is 9.94. The van der Waals surface area contributed by atoms with E-state index in [0.717, 1.165) is 48.8 Å². The summed E-state index contributed by atoms with van der Waals surface area (Å²) in [6.45, 7) is 3.15. The normalized spacial score (nSPS) is 20.7. The Labute approximate surface area is 208 Å². The van der Waals surface area contributed by atoms with Crippen molar-refractivity contribution in [3.05, 3.63) is 64.3 Å². The molecule has 3 aliphatic heterocycles. The zero-order chi connectivity index (χ0) is 24.1. The van der Waals surface area contributed by atoms with E-state index >= 15 is 0 Å². The highest BCUT2D eigenvalue weighted by atomic mass is 35.5. The SMILES string of the molecule is CN1Cc2cc(Nc3ncc(Cl)c(N4CC(CC(=O)O)c5ccccc54)n3)cc3c2C(CCO3)C1. The number of benzene rings is 2. The summed E-state index contributed by atoms with van der Waals surface area (Å²) in [6, 6.07) is 12.0. The van der Waals surface area contributed by atoms with Gasteiger partial charge < -0.3 is 25.0 Å². The number of para-hydroxylation sites is 1. The summed E-state index contributed by atoms with van der Waals surface area (Å²) in [4.78, 5) is 24.9. The molecule has 8 nitrogen and oxygen atoms in total. The van der Waals surface area contributed by atoms with Gasteiger partial charge in [-0.25, -0.2) is 4.98 Å². The lowest BCUT2D eigenvalue weighted by Gasteiger charge is -2.36. The molecule has 0 amide bonds. The lowest BCUT2D eigenvalue weighted by atomic mass is 9.85. The van der Waals surface area contributed by atoms with E-state index < -0.39 is 5.97 Å². The molecule has 2 unspecified atom stereocenters. The number of rotatable bonds is 5. The van der Waals surface area contributed by atoms with Crippen LogP contribution in [0.4, 0.5) is 23.1 Å². The Kier molecular flexibility index (Phi) is 5.50. The summed E-state index contributed by atoms with van der Waals surface area (Å²) >= 11 is 6.55. The van der Waals surface area contributed by atoms with E-state index in [1.807, 2.05) is 35.2 Å². The number of aliphatic carboxylic acids is 1. The Morgan fingerprint density at radius 2 is 2.14 bits per heavy atom. The molecule has 180 valence electrons. The van der Waals surface area contributed by atoms with Crippen LogP contribution in [0.3, 0.4) is 0 Å². The van der Waals surface area contributed by atoms with Crippen LogP contribution >= 0.6 is 11.6 Å². The minimum absolute atomic E-state index is 0.0503. The quantitative estimate of drug-likeness (QED) is 0.521. The van der Waals surface area contributed by atoms with Gasteiger partial charge in [0.2, 0.25) is 5.95 Å². The Morgan fingerprint density at radius 1 is 1.29 bits per heavy atom. The third-order valence-electron chi connectivity index (χ3n) is 7.06. The van der Waals surface area contributed by atoms with Crippen LogP contribution in [-0.2, 0) is 11.3 Å². The number of carboxylic acids is 1. The van der Waals surface area contributed by atoms with Gasteiger partial charge in [-0.1, -0.05) is 29.8 Å². The first-order chi connectivity index (χ1) is 17.0. The highest BCUT2D eigenvalue weighted by Crippen LogP contribution is 2.45. The number of aromatic nitrogens is 2. The summed E-state index contributed by atoms with van der Waals surface area (Å²) in [5.41, 5.74) is 5.38. The number of carbonyl (C=O) groups is 1. The number of hydrogen-bond acceptors (Lipinski definition) is 7. The van der Waals surface area contributed by atoms with Crippen molar-refractivity contribution >= 4 is 40.7 Å². The Bertz CT molecular complexity index is 1320. The van der Waals surface area contributed by atoms with E-state index in [1.54, 1.807) is 6.20 Å². The van der Waals surface area contributed by atoms with Gasteiger partial charge >= 0.3 is 5.97 Å². The molecule has 0 saturated carbocycles. The second kappa shape index (κ2) is 8.70. The van der Waals surface area contributed by atoms with Crippen LogP contribution in [0.15, 0.2) is 42.6 Å². The average molecular weight is 492 g/mol. The van der Waals surface area contributed by atoms with Crippen molar-refractivity contribution in [1.82, 2.24) is 14.9 Å². The molecule has 0 radical (unpaired) electrons. The van der Waals surface area contributed by atoms with Crippen molar-refractivity contribution in [2.45, 2.75) is 31.2 Å². The smallest absolute Gasteiger partial charge is 0.304 e. The molecule has 3 aliphatic rings. The van der Waals surface area contributed by atoms with Gasteiger partial charge in [0.05, 0.1) is 19.2 Å². The van der Waals surface area contributed by atoms with Gasteiger partial charge in [0.15, 0.2) is 5.82 Å². The summed E-state index contributed by atoms with van der Waals surface area (Å²) in [5, 5.41) is 13.1. The number of ether oxygens (including phenoxy) is 1. The third kappa shape index (κ3) is 4.06. The maximum Gasteiger partial charge on any atom is 0.304 e. The summed E-state index contributed by atoms with van der Waals surface area (Å²) in [5.74, 6) is 1.46. The first-order valence-electron chi connectivity index (χ1n) is 11.8. The molecule has 1 aromatic heterocycles. The maximum absolute atomic E-state index is 11.4. The molecule has 2 atom stereocenters. The number of fused-ring (bicyclic) bond motifs is 1. The second-order valence-electron chi connectivity index (χ2n) is 9.53. The molecule has 0 bridgehead atoms. The largest absolute Gasteiger partial charge is 0.493 e. The maximum atomic E-state index is 11.4. The van der Waals surface area contributed by atoms with Crippen LogP contribution in [0.5, 0.6) is 5.75 Å². The molecule has 35 heavy (non-hydrogen) atoms. The molecular formula is C26H26ClN5O3. The van der Waals surface area contributed by atoms with Gasteiger partial charge in [-0.05, 0) is 36.7 Å². The minimum Gasteiger partial charge on any atom is -0.493 e.